The van der Waals surface area contributed by atoms with Crippen LogP contribution < -0.4 is 11.1 Å². The molecular weight excluding hydrogens is 405 g/mol. The van der Waals surface area contributed by atoms with Crippen molar-refractivity contribution in [1.82, 2.24) is 4.98 Å². The van der Waals surface area contributed by atoms with Crippen molar-refractivity contribution in [3.63, 3.8) is 0 Å². The van der Waals surface area contributed by atoms with Gasteiger partial charge in [0.05, 0.1) is 10.5 Å². The fourth-order valence-electron chi connectivity index (χ4n) is 2.58. The third kappa shape index (κ3) is 4.97. The number of carbonyl (C=O) groups is 1. The van der Waals surface area contributed by atoms with E-state index in [0.29, 0.717) is 33.2 Å². The van der Waals surface area contributed by atoms with Crippen LogP contribution >= 0.6 is 35.0 Å². The van der Waals surface area contributed by atoms with Crippen LogP contribution in [0.4, 0.5) is 11.4 Å². The van der Waals surface area contributed by atoms with E-state index in [9.17, 15) is 9.90 Å². The molecule has 1 aromatic heterocycles. The Hall–Kier alpha value is -2.15. The number of hydrogen-bond donors (Lipinski definition) is 3. The number of aromatic nitrogens is 1. The average molecular weight is 422 g/mol. The van der Waals surface area contributed by atoms with Gasteiger partial charge in [-0.15, -0.1) is 11.8 Å². The Morgan fingerprint density at radius 3 is 2.63 bits per heavy atom. The van der Waals surface area contributed by atoms with Crippen molar-refractivity contribution in [2.24, 2.45) is 0 Å². The Morgan fingerprint density at radius 1 is 1.19 bits per heavy atom. The number of halogens is 2. The molecule has 8 heteroatoms. The van der Waals surface area contributed by atoms with Crippen LogP contribution in [0, 0.1) is 0 Å². The summed E-state index contributed by atoms with van der Waals surface area (Å²) in [5, 5.41) is 14.1. The minimum absolute atomic E-state index is 0.0559. The van der Waals surface area contributed by atoms with E-state index in [1.54, 1.807) is 23.9 Å². The van der Waals surface area contributed by atoms with E-state index in [2.05, 4.69) is 10.3 Å². The molecule has 0 fully saturated rings. The number of carboxylic acid groups (broad SMARTS) is 1. The maximum absolute atomic E-state index is 11.4. The van der Waals surface area contributed by atoms with Crippen LogP contribution in [0.1, 0.15) is 16.9 Å². The Kier molecular flexibility index (Phi) is 6.31. The molecule has 0 radical (unpaired) electrons. The Balaban J connectivity index is 1.70. The van der Waals surface area contributed by atoms with Gasteiger partial charge in [-0.3, -0.25) is 0 Å². The van der Waals surface area contributed by atoms with E-state index in [0.717, 1.165) is 22.8 Å². The van der Waals surface area contributed by atoms with Crippen LogP contribution in [0.5, 0.6) is 0 Å². The SMILES string of the molecule is Nc1ccc(SCCCNc2cc(C(=O)O)nc3cc(Cl)cc(Cl)c23)cc1. The minimum Gasteiger partial charge on any atom is -0.477 e. The highest BCUT2D eigenvalue weighted by atomic mass is 35.5. The summed E-state index contributed by atoms with van der Waals surface area (Å²) in [6.45, 7) is 0.666. The zero-order valence-electron chi connectivity index (χ0n) is 14.2. The minimum atomic E-state index is -1.10. The van der Waals surface area contributed by atoms with Gasteiger partial charge in [0.25, 0.3) is 0 Å². The number of thioether (sulfide) groups is 1. The standard InChI is InChI=1S/C19H17Cl2N3O2S/c20-11-8-14(21)18-15(10-17(19(25)26)24-16(18)9-11)23-6-1-7-27-13-4-2-12(22)3-5-13/h2-5,8-10H,1,6-7,22H2,(H,23,24)(H,25,26). The van der Waals surface area contributed by atoms with Crippen molar-refractivity contribution in [2.45, 2.75) is 11.3 Å². The highest BCUT2D eigenvalue weighted by Crippen LogP contribution is 2.33. The number of aromatic carboxylic acids is 1. The number of anilines is 2. The first-order valence-corrected chi connectivity index (χ1v) is 9.93. The van der Waals surface area contributed by atoms with Gasteiger partial charge in [0.15, 0.2) is 5.69 Å². The zero-order valence-corrected chi connectivity index (χ0v) is 16.5. The van der Waals surface area contributed by atoms with Gasteiger partial charge in [-0.05, 0) is 54.6 Å². The summed E-state index contributed by atoms with van der Waals surface area (Å²) in [6.07, 6.45) is 0.881. The van der Waals surface area contributed by atoms with Crippen molar-refractivity contribution in [1.29, 1.82) is 0 Å². The number of pyridine rings is 1. The number of nitrogens with zero attached hydrogens (tertiary/aromatic N) is 1. The van der Waals surface area contributed by atoms with Gasteiger partial charge in [-0.2, -0.15) is 0 Å². The molecule has 0 bridgehead atoms. The molecule has 0 aliphatic rings. The molecule has 140 valence electrons. The van der Waals surface area contributed by atoms with Gasteiger partial charge >= 0.3 is 5.97 Å². The second kappa shape index (κ2) is 8.69. The molecule has 4 N–H and O–H groups in total. The van der Waals surface area contributed by atoms with Crippen LogP contribution in [0.2, 0.25) is 10.0 Å². The lowest BCUT2D eigenvalue weighted by Crippen LogP contribution is -2.07. The van der Waals surface area contributed by atoms with E-state index < -0.39 is 5.97 Å². The van der Waals surface area contributed by atoms with Crippen LogP contribution in [0.25, 0.3) is 10.9 Å². The second-order valence-electron chi connectivity index (χ2n) is 5.84. The fourth-order valence-corrected chi connectivity index (χ4v) is 4.02. The molecular formula is C19H17Cl2N3O2S. The van der Waals surface area contributed by atoms with E-state index in [4.69, 9.17) is 28.9 Å². The van der Waals surface area contributed by atoms with Gasteiger partial charge in [0.2, 0.25) is 0 Å². The summed E-state index contributed by atoms with van der Waals surface area (Å²) < 4.78 is 0. The van der Waals surface area contributed by atoms with Crippen molar-refractivity contribution in [3.05, 3.63) is 58.2 Å². The molecule has 0 spiro atoms. The summed E-state index contributed by atoms with van der Waals surface area (Å²) in [7, 11) is 0. The first-order valence-electron chi connectivity index (χ1n) is 8.19. The molecule has 27 heavy (non-hydrogen) atoms. The fraction of sp³-hybridized carbons (Fsp3) is 0.158. The lowest BCUT2D eigenvalue weighted by molar-refractivity contribution is 0.0691. The molecule has 0 unspecified atom stereocenters. The van der Waals surface area contributed by atoms with Gasteiger partial charge in [0, 0.05) is 33.2 Å². The summed E-state index contributed by atoms with van der Waals surface area (Å²) in [5.74, 6) is -0.194. The van der Waals surface area contributed by atoms with Gasteiger partial charge < -0.3 is 16.2 Å². The van der Waals surface area contributed by atoms with Crippen molar-refractivity contribution in [3.8, 4) is 0 Å². The van der Waals surface area contributed by atoms with Gasteiger partial charge in [0.1, 0.15) is 0 Å². The smallest absolute Gasteiger partial charge is 0.354 e. The number of rotatable bonds is 7. The third-order valence-corrected chi connectivity index (χ3v) is 5.44. The maximum atomic E-state index is 11.4. The quantitative estimate of drug-likeness (QED) is 0.268. The number of nitrogens with two attached hydrogens (primary N) is 1. The monoisotopic (exact) mass is 421 g/mol. The topological polar surface area (TPSA) is 88.2 Å². The van der Waals surface area contributed by atoms with Crippen molar-refractivity contribution in [2.75, 3.05) is 23.3 Å². The predicted molar refractivity (Wildman–Crippen MR) is 113 cm³/mol. The summed E-state index contributed by atoms with van der Waals surface area (Å²) in [4.78, 5) is 16.6. The maximum Gasteiger partial charge on any atom is 0.354 e. The third-order valence-electron chi connectivity index (χ3n) is 3.83. The van der Waals surface area contributed by atoms with Gasteiger partial charge in [-0.25, -0.2) is 9.78 Å². The molecule has 0 amide bonds. The molecule has 3 aromatic rings. The second-order valence-corrected chi connectivity index (χ2v) is 7.85. The normalized spacial score (nSPS) is 10.9. The van der Waals surface area contributed by atoms with E-state index >= 15 is 0 Å². The van der Waals surface area contributed by atoms with Crippen molar-refractivity contribution >= 4 is 63.2 Å². The molecule has 1 heterocycles. The number of fused-ring (bicyclic) bond motifs is 1. The van der Waals surface area contributed by atoms with Crippen LogP contribution in [0.3, 0.4) is 0 Å². The van der Waals surface area contributed by atoms with E-state index in [1.807, 2.05) is 24.3 Å². The van der Waals surface area contributed by atoms with Crippen LogP contribution in [-0.2, 0) is 0 Å². The number of nitrogen functional groups attached to an aromatic ring is 1. The molecule has 5 nitrogen and oxygen atoms in total. The van der Waals surface area contributed by atoms with Crippen LogP contribution in [0.15, 0.2) is 47.4 Å². The molecule has 0 aliphatic heterocycles. The highest BCUT2D eigenvalue weighted by molar-refractivity contribution is 7.99. The largest absolute Gasteiger partial charge is 0.477 e. The summed E-state index contributed by atoms with van der Waals surface area (Å²) in [6, 6.07) is 12.5. The zero-order chi connectivity index (χ0) is 19.4. The highest BCUT2D eigenvalue weighted by Gasteiger charge is 2.14. The van der Waals surface area contributed by atoms with Crippen molar-refractivity contribution < 1.29 is 9.90 Å². The molecule has 0 atom stereocenters. The Bertz CT molecular complexity index is 981. The summed E-state index contributed by atoms with van der Waals surface area (Å²) >= 11 is 14.1. The lowest BCUT2D eigenvalue weighted by Gasteiger charge is -2.12. The Morgan fingerprint density at radius 2 is 1.93 bits per heavy atom. The number of carboxylic acids is 1. The van der Waals surface area contributed by atoms with Crippen LogP contribution in [-0.4, -0.2) is 28.4 Å². The molecule has 3 rings (SSSR count). The first kappa shape index (κ1) is 19.6. The summed E-state index contributed by atoms with van der Waals surface area (Å²) in [5.41, 5.74) is 7.46. The number of nitrogens with one attached hydrogen (secondary N) is 1. The number of hydrogen-bond acceptors (Lipinski definition) is 5. The predicted octanol–water partition coefficient (Wildman–Crippen LogP) is 5.42. The molecule has 0 aliphatic carbocycles. The number of benzene rings is 2. The Labute approximate surface area is 170 Å². The molecule has 2 aromatic carbocycles. The van der Waals surface area contributed by atoms with Gasteiger partial charge in [-0.1, -0.05) is 23.2 Å². The molecule has 0 saturated heterocycles. The van der Waals surface area contributed by atoms with E-state index in [1.165, 1.54) is 6.07 Å². The lowest BCUT2D eigenvalue weighted by atomic mass is 10.1. The average Bonchev–Trinajstić information content (AvgIpc) is 2.62. The first-order chi connectivity index (χ1) is 12.9. The molecule has 0 saturated carbocycles. The van der Waals surface area contributed by atoms with E-state index in [-0.39, 0.29) is 5.69 Å².